The number of halogens is 1. The summed E-state index contributed by atoms with van der Waals surface area (Å²) in [5.74, 6) is 1.11. The average molecular weight is 428 g/mol. The maximum absolute atomic E-state index is 12.3. The third kappa shape index (κ3) is 4.75. The average Bonchev–Trinajstić information content (AvgIpc) is 3.33. The van der Waals surface area contributed by atoms with E-state index in [0.717, 1.165) is 6.42 Å². The molecule has 8 heteroatoms. The highest BCUT2D eigenvalue weighted by Gasteiger charge is 2.24. The number of para-hydroxylation sites is 1. The summed E-state index contributed by atoms with van der Waals surface area (Å²) in [4.78, 5) is 30.2. The van der Waals surface area contributed by atoms with Crippen LogP contribution in [0.4, 0.5) is 10.8 Å². The Kier molecular flexibility index (Phi) is 5.78. The zero-order chi connectivity index (χ0) is 20.2. The van der Waals surface area contributed by atoms with Gasteiger partial charge in [-0.2, -0.15) is 0 Å². The summed E-state index contributed by atoms with van der Waals surface area (Å²) in [5, 5.41) is 5.86. The number of rotatable bonds is 6. The molecular weight excluding hydrogens is 410 g/mol. The standard InChI is InChI=1S/C21H18ClN3O3S/c22-17-4-1-2-5-18(17)28-16-9-7-14(8-10-16)23-19(26)12-15-13-29-21(24-15)25-11-3-6-20(25)27/h1-2,4-5,7-10,13H,3,6,11-12H2,(H,23,26). The normalized spacial score (nSPS) is 13.6. The summed E-state index contributed by atoms with van der Waals surface area (Å²) in [6.45, 7) is 0.695. The van der Waals surface area contributed by atoms with Gasteiger partial charge in [-0.3, -0.25) is 14.5 Å². The number of benzene rings is 2. The van der Waals surface area contributed by atoms with Gasteiger partial charge in [0.15, 0.2) is 5.13 Å². The van der Waals surface area contributed by atoms with E-state index < -0.39 is 0 Å². The minimum absolute atomic E-state index is 0.0921. The molecule has 1 saturated heterocycles. The van der Waals surface area contributed by atoms with Gasteiger partial charge in [-0.25, -0.2) is 4.98 Å². The van der Waals surface area contributed by atoms with Crippen molar-refractivity contribution in [1.82, 2.24) is 4.98 Å². The summed E-state index contributed by atoms with van der Waals surface area (Å²) in [7, 11) is 0. The quantitative estimate of drug-likeness (QED) is 0.607. The van der Waals surface area contributed by atoms with Crippen molar-refractivity contribution in [3.8, 4) is 11.5 Å². The number of amides is 2. The van der Waals surface area contributed by atoms with Crippen LogP contribution in [0, 0.1) is 0 Å². The first-order valence-electron chi connectivity index (χ1n) is 9.15. The highest BCUT2D eigenvalue weighted by atomic mass is 35.5. The summed E-state index contributed by atoms with van der Waals surface area (Å²) >= 11 is 7.48. The number of aromatic nitrogens is 1. The molecule has 1 fully saturated rings. The summed E-state index contributed by atoms with van der Waals surface area (Å²) < 4.78 is 5.74. The maximum atomic E-state index is 12.3. The summed E-state index contributed by atoms with van der Waals surface area (Å²) in [6, 6.07) is 14.3. The van der Waals surface area contributed by atoms with Gasteiger partial charge in [0.05, 0.1) is 17.1 Å². The van der Waals surface area contributed by atoms with Crippen LogP contribution in [0.15, 0.2) is 53.9 Å². The fraction of sp³-hybridized carbons (Fsp3) is 0.190. The van der Waals surface area contributed by atoms with Crippen LogP contribution in [0.25, 0.3) is 0 Å². The number of ether oxygens (including phenoxy) is 1. The van der Waals surface area contributed by atoms with Crippen LogP contribution in [0.5, 0.6) is 11.5 Å². The van der Waals surface area contributed by atoms with Gasteiger partial charge in [0.2, 0.25) is 11.8 Å². The Morgan fingerprint density at radius 3 is 2.72 bits per heavy atom. The topological polar surface area (TPSA) is 71.5 Å². The number of nitrogens with zero attached hydrogens (tertiary/aromatic N) is 2. The smallest absolute Gasteiger partial charge is 0.230 e. The zero-order valence-electron chi connectivity index (χ0n) is 15.4. The Morgan fingerprint density at radius 1 is 1.21 bits per heavy atom. The fourth-order valence-electron chi connectivity index (χ4n) is 2.98. The molecule has 1 aliphatic rings. The molecule has 0 saturated carbocycles. The highest BCUT2D eigenvalue weighted by Crippen LogP contribution is 2.29. The Hall–Kier alpha value is -2.90. The molecule has 1 aliphatic heterocycles. The summed E-state index contributed by atoms with van der Waals surface area (Å²) in [6.07, 6.45) is 1.56. The third-order valence-corrected chi connectivity index (χ3v) is 5.61. The van der Waals surface area contributed by atoms with E-state index in [2.05, 4.69) is 10.3 Å². The molecular formula is C21H18ClN3O3S. The first kappa shape index (κ1) is 19.4. The lowest BCUT2D eigenvalue weighted by Gasteiger charge is -2.10. The van der Waals surface area contributed by atoms with Gasteiger partial charge >= 0.3 is 0 Å². The van der Waals surface area contributed by atoms with Gasteiger partial charge in [-0.15, -0.1) is 11.3 Å². The van der Waals surface area contributed by atoms with Gasteiger partial charge in [0.1, 0.15) is 11.5 Å². The molecule has 2 heterocycles. The molecule has 3 aromatic rings. The molecule has 0 spiro atoms. The molecule has 6 nitrogen and oxygen atoms in total. The number of carbonyl (C=O) groups is 2. The molecule has 0 radical (unpaired) electrons. The largest absolute Gasteiger partial charge is 0.456 e. The molecule has 0 unspecified atom stereocenters. The molecule has 0 bridgehead atoms. The van der Waals surface area contributed by atoms with Crippen LogP contribution in [0.3, 0.4) is 0 Å². The number of hydrogen-bond acceptors (Lipinski definition) is 5. The first-order valence-corrected chi connectivity index (χ1v) is 10.4. The lowest BCUT2D eigenvalue weighted by Crippen LogP contribution is -2.23. The lowest BCUT2D eigenvalue weighted by atomic mass is 10.2. The molecule has 2 amide bonds. The van der Waals surface area contributed by atoms with Crippen LogP contribution in [-0.4, -0.2) is 23.3 Å². The number of carbonyl (C=O) groups excluding carboxylic acids is 2. The van der Waals surface area contributed by atoms with E-state index in [1.165, 1.54) is 11.3 Å². The predicted octanol–water partition coefficient (Wildman–Crippen LogP) is 4.90. The predicted molar refractivity (Wildman–Crippen MR) is 114 cm³/mol. The van der Waals surface area contributed by atoms with Crippen LogP contribution in [-0.2, 0) is 16.0 Å². The van der Waals surface area contributed by atoms with Gasteiger partial charge < -0.3 is 10.1 Å². The Morgan fingerprint density at radius 2 is 2.00 bits per heavy atom. The van der Waals surface area contributed by atoms with E-state index in [1.54, 1.807) is 41.3 Å². The maximum Gasteiger partial charge on any atom is 0.230 e. The number of nitrogens with one attached hydrogen (secondary N) is 1. The minimum atomic E-state index is -0.172. The monoisotopic (exact) mass is 427 g/mol. The van der Waals surface area contributed by atoms with Gasteiger partial charge in [0, 0.05) is 24.0 Å². The molecule has 4 rings (SSSR count). The zero-order valence-corrected chi connectivity index (χ0v) is 17.0. The van der Waals surface area contributed by atoms with Crippen molar-refractivity contribution in [1.29, 1.82) is 0 Å². The van der Waals surface area contributed by atoms with Crippen LogP contribution < -0.4 is 15.0 Å². The van der Waals surface area contributed by atoms with Crippen molar-refractivity contribution in [2.45, 2.75) is 19.3 Å². The van der Waals surface area contributed by atoms with Crippen LogP contribution >= 0.6 is 22.9 Å². The van der Waals surface area contributed by atoms with Crippen molar-refractivity contribution in [3.05, 3.63) is 64.6 Å². The van der Waals surface area contributed by atoms with Gasteiger partial charge in [0.25, 0.3) is 0 Å². The SMILES string of the molecule is O=C(Cc1csc(N2CCCC2=O)n1)Nc1ccc(Oc2ccccc2Cl)cc1. The van der Waals surface area contributed by atoms with Crippen molar-refractivity contribution in [2.24, 2.45) is 0 Å². The molecule has 0 aliphatic carbocycles. The Balaban J connectivity index is 1.33. The van der Waals surface area contributed by atoms with Crippen LogP contribution in [0.2, 0.25) is 5.02 Å². The van der Waals surface area contributed by atoms with E-state index in [4.69, 9.17) is 16.3 Å². The fourth-order valence-corrected chi connectivity index (χ4v) is 4.02. The molecule has 2 aromatic carbocycles. The molecule has 1 aromatic heterocycles. The van der Waals surface area contributed by atoms with E-state index in [0.29, 0.717) is 46.0 Å². The molecule has 148 valence electrons. The lowest BCUT2D eigenvalue weighted by molar-refractivity contribution is -0.117. The van der Waals surface area contributed by atoms with E-state index in [9.17, 15) is 9.59 Å². The van der Waals surface area contributed by atoms with Gasteiger partial charge in [-0.1, -0.05) is 23.7 Å². The Bertz CT molecular complexity index is 1040. The van der Waals surface area contributed by atoms with Crippen molar-refractivity contribution < 1.29 is 14.3 Å². The number of anilines is 2. The van der Waals surface area contributed by atoms with E-state index in [-0.39, 0.29) is 18.2 Å². The first-order chi connectivity index (χ1) is 14.1. The number of hydrogen-bond donors (Lipinski definition) is 1. The van der Waals surface area contributed by atoms with Crippen LogP contribution in [0.1, 0.15) is 18.5 Å². The third-order valence-electron chi connectivity index (χ3n) is 4.39. The van der Waals surface area contributed by atoms with Crippen molar-refractivity contribution >= 4 is 45.6 Å². The second-order valence-corrected chi connectivity index (χ2v) is 7.80. The second kappa shape index (κ2) is 8.63. The minimum Gasteiger partial charge on any atom is -0.456 e. The summed E-state index contributed by atoms with van der Waals surface area (Å²) in [5.41, 5.74) is 1.31. The second-order valence-electron chi connectivity index (χ2n) is 6.55. The van der Waals surface area contributed by atoms with Crippen molar-refractivity contribution in [2.75, 3.05) is 16.8 Å². The van der Waals surface area contributed by atoms with Crippen molar-refractivity contribution in [3.63, 3.8) is 0 Å². The number of thiazole rings is 1. The molecule has 1 N–H and O–H groups in total. The van der Waals surface area contributed by atoms with E-state index >= 15 is 0 Å². The van der Waals surface area contributed by atoms with Gasteiger partial charge in [-0.05, 0) is 42.8 Å². The molecule has 29 heavy (non-hydrogen) atoms. The highest BCUT2D eigenvalue weighted by molar-refractivity contribution is 7.14. The van der Waals surface area contributed by atoms with E-state index in [1.807, 2.05) is 17.5 Å². The Labute approximate surface area is 177 Å². The molecule has 0 atom stereocenters.